The van der Waals surface area contributed by atoms with Crippen LogP contribution in [0.4, 0.5) is 0 Å². The lowest BCUT2D eigenvalue weighted by molar-refractivity contribution is 0.0897. The van der Waals surface area contributed by atoms with E-state index < -0.39 is 15.9 Å². The monoisotopic (exact) mass is 304 g/mol. The molecule has 1 heterocycles. The Morgan fingerprint density at radius 3 is 2.50 bits per heavy atom. The van der Waals surface area contributed by atoms with Gasteiger partial charge in [-0.1, -0.05) is 13.8 Å². The third kappa shape index (κ3) is 3.78. The molecule has 20 heavy (non-hydrogen) atoms. The second-order valence-electron chi connectivity index (χ2n) is 4.84. The van der Waals surface area contributed by atoms with Crippen molar-refractivity contribution in [1.29, 1.82) is 0 Å². The van der Waals surface area contributed by atoms with Gasteiger partial charge in [0.25, 0.3) is 5.91 Å². The van der Waals surface area contributed by atoms with Gasteiger partial charge >= 0.3 is 0 Å². The molecule has 0 radical (unpaired) electrons. The molecule has 1 aromatic rings. The summed E-state index contributed by atoms with van der Waals surface area (Å²) in [4.78, 5) is 11.8. The van der Waals surface area contributed by atoms with Gasteiger partial charge in [-0.15, -0.1) is 0 Å². The molecular weight excluding hydrogens is 284 g/mol. The number of nitrogens with zero attached hydrogens (tertiary/aromatic N) is 1. The highest BCUT2D eigenvalue weighted by Crippen LogP contribution is 2.23. The third-order valence-electron chi connectivity index (χ3n) is 2.62. The quantitative estimate of drug-likeness (QED) is 0.678. The molecule has 0 saturated carbocycles. The van der Waals surface area contributed by atoms with Crippen LogP contribution in [0.3, 0.4) is 0 Å². The maximum atomic E-state index is 12.1. The minimum absolute atomic E-state index is 0.159. The molecule has 4 N–H and O–H groups in total. The van der Waals surface area contributed by atoms with Crippen LogP contribution < -0.4 is 10.5 Å². The number of H-pyrrole nitrogens is 1. The number of amides is 1. The second-order valence-corrected chi connectivity index (χ2v) is 6.34. The van der Waals surface area contributed by atoms with Gasteiger partial charge in [-0.25, -0.2) is 13.6 Å². The molecule has 0 aliphatic heterocycles. The largest absolute Gasteiger partial charge is 0.383 e. The Morgan fingerprint density at radius 1 is 1.45 bits per heavy atom. The number of sulfonamides is 1. The van der Waals surface area contributed by atoms with Gasteiger partial charge in [-0.05, 0) is 12.8 Å². The van der Waals surface area contributed by atoms with Gasteiger partial charge in [0.15, 0.2) is 5.69 Å². The van der Waals surface area contributed by atoms with Crippen LogP contribution in [0, 0.1) is 0 Å². The standard InChI is InChI=1S/C11H20N4O4S/c1-6(2)8-10(20(12,17)18)9(15-14-8)11(16)13-7(3)5-19-4/h6-7H,5H2,1-4H3,(H,13,16)(H,14,15)(H2,12,17,18). The van der Waals surface area contributed by atoms with Crippen LogP contribution in [0.5, 0.6) is 0 Å². The highest BCUT2D eigenvalue weighted by molar-refractivity contribution is 7.89. The van der Waals surface area contributed by atoms with Crippen LogP contribution in [0.15, 0.2) is 4.90 Å². The summed E-state index contributed by atoms with van der Waals surface area (Å²) in [5.41, 5.74) is 0.0937. The summed E-state index contributed by atoms with van der Waals surface area (Å²) >= 11 is 0. The van der Waals surface area contributed by atoms with Gasteiger partial charge in [0.1, 0.15) is 4.90 Å². The number of aromatic amines is 1. The zero-order valence-electron chi connectivity index (χ0n) is 11.9. The SMILES string of the molecule is COCC(C)NC(=O)c1n[nH]c(C(C)C)c1S(N)(=O)=O. The highest BCUT2D eigenvalue weighted by atomic mass is 32.2. The molecule has 114 valence electrons. The van der Waals surface area contributed by atoms with Crippen LogP contribution >= 0.6 is 0 Å². The minimum Gasteiger partial charge on any atom is -0.383 e. The van der Waals surface area contributed by atoms with Gasteiger partial charge in [0.05, 0.1) is 12.3 Å². The maximum absolute atomic E-state index is 12.1. The average Bonchev–Trinajstić information content (AvgIpc) is 2.73. The molecule has 1 atom stereocenters. The van der Waals surface area contributed by atoms with E-state index in [1.165, 1.54) is 7.11 Å². The van der Waals surface area contributed by atoms with Crippen molar-refractivity contribution >= 4 is 15.9 Å². The summed E-state index contributed by atoms with van der Waals surface area (Å²) in [6, 6.07) is -0.278. The molecule has 9 heteroatoms. The number of aromatic nitrogens is 2. The van der Waals surface area contributed by atoms with Crippen LogP contribution in [0.1, 0.15) is 42.9 Å². The summed E-state index contributed by atoms with van der Waals surface area (Å²) < 4.78 is 28.2. The van der Waals surface area contributed by atoms with Crippen molar-refractivity contribution < 1.29 is 17.9 Å². The first-order valence-corrected chi connectivity index (χ1v) is 7.64. The molecule has 0 aliphatic rings. The first-order chi connectivity index (χ1) is 9.18. The molecule has 8 nitrogen and oxygen atoms in total. The average molecular weight is 304 g/mol. The molecule has 0 spiro atoms. The van der Waals surface area contributed by atoms with Gasteiger partial charge < -0.3 is 10.1 Å². The Morgan fingerprint density at radius 2 is 2.05 bits per heavy atom. The van der Waals surface area contributed by atoms with Gasteiger partial charge in [-0.2, -0.15) is 5.10 Å². The number of primary sulfonamides is 1. The number of hydrogen-bond donors (Lipinski definition) is 3. The fourth-order valence-electron chi connectivity index (χ4n) is 1.76. The van der Waals surface area contributed by atoms with Crippen molar-refractivity contribution in [3.8, 4) is 0 Å². The summed E-state index contributed by atoms with van der Waals surface area (Å²) in [6.07, 6.45) is 0. The fourth-order valence-corrected chi connectivity index (χ4v) is 2.76. The number of hydrogen-bond acceptors (Lipinski definition) is 5. The van der Waals surface area contributed by atoms with Crippen LogP contribution in [0.25, 0.3) is 0 Å². The Bertz CT molecular complexity index is 579. The molecule has 0 saturated heterocycles. The smallest absolute Gasteiger partial charge is 0.273 e. The molecule has 0 aliphatic carbocycles. The topological polar surface area (TPSA) is 127 Å². The minimum atomic E-state index is -4.04. The van der Waals surface area contributed by atoms with Crippen molar-refractivity contribution in [2.24, 2.45) is 5.14 Å². The normalized spacial score (nSPS) is 13.5. The Balaban J connectivity index is 3.16. The second kappa shape index (κ2) is 6.33. The van der Waals surface area contributed by atoms with Gasteiger partial charge in [0, 0.05) is 13.2 Å². The summed E-state index contributed by atoms with van der Waals surface area (Å²) in [5.74, 6) is -0.768. The number of ether oxygens (including phenoxy) is 1. The highest BCUT2D eigenvalue weighted by Gasteiger charge is 2.29. The zero-order chi connectivity index (χ0) is 15.5. The van der Waals surface area contributed by atoms with E-state index in [9.17, 15) is 13.2 Å². The van der Waals surface area contributed by atoms with Crippen molar-refractivity contribution in [1.82, 2.24) is 15.5 Å². The number of nitrogens with one attached hydrogen (secondary N) is 2. The lowest BCUT2D eigenvalue weighted by Gasteiger charge is -2.12. The van der Waals surface area contributed by atoms with E-state index in [2.05, 4.69) is 15.5 Å². The first-order valence-electron chi connectivity index (χ1n) is 6.09. The lowest BCUT2D eigenvalue weighted by atomic mass is 10.1. The molecule has 1 rings (SSSR count). The van der Waals surface area contributed by atoms with Crippen LogP contribution in [-0.4, -0.2) is 44.3 Å². The molecule has 0 bridgehead atoms. The Labute approximate surface area is 118 Å². The van der Waals surface area contributed by atoms with E-state index in [0.29, 0.717) is 12.3 Å². The van der Waals surface area contributed by atoms with Crippen molar-refractivity contribution in [3.05, 3.63) is 11.4 Å². The summed E-state index contributed by atoms with van der Waals surface area (Å²) in [7, 11) is -2.54. The third-order valence-corrected chi connectivity index (χ3v) is 3.60. The lowest BCUT2D eigenvalue weighted by Crippen LogP contribution is -2.36. The Hall–Kier alpha value is -1.45. The van der Waals surface area contributed by atoms with E-state index in [1.54, 1.807) is 20.8 Å². The summed E-state index contributed by atoms with van der Waals surface area (Å²) in [6.45, 7) is 5.58. The molecule has 1 amide bonds. The number of methoxy groups -OCH3 is 1. The fraction of sp³-hybridized carbons (Fsp3) is 0.636. The summed E-state index contributed by atoms with van der Waals surface area (Å²) in [5, 5.41) is 14.1. The van der Waals surface area contributed by atoms with E-state index in [-0.39, 0.29) is 22.5 Å². The number of rotatable bonds is 6. The van der Waals surface area contributed by atoms with E-state index in [1.807, 2.05) is 0 Å². The Kier molecular flexibility index (Phi) is 5.26. The molecular formula is C11H20N4O4S. The number of carbonyl (C=O) groups is 1. The molecule has 0 aromatic carbocycles. The van der Waals surface area contributed by atoms with Gasteiger partial charge in [-0.3, -0.25) is 9.89 Å². The van der Waals surface area contributed by atoms with Crippen molar-refractivity contribution in [3.63, 3.8) is 0 Å². The zero-order valence-corrected chi connectivity index (χ0v) is 12.7. The molecule has 1 aromatic heterocycles. The van der Waals surface area contributed by atoms with Crippen LogP contribution in [-0.2, 0) is 14.8 Å². The maximum Gasteiger partial charge on any atom is 0.273 e. The predicted molar refractivity (Wildman–Crippen MR) is 72.9 cm³/mol. The van der Waals surface area contributed by atoms with Crippen molar-refractivity contribution in [2.75, 3.05) is 13.7 Å². The van der Waals surface area contributed by atoms with Crippen LogP contribution in [0.2, 0.25) is 0 Å². The number of nitrogens with two attached hydrogens (primary N) is 1. The molecule has 1 unspecified atom stereocenters. The predicted octanol–water partition coefficient (Wildman–Crippen LogP) is -0.0548. The number of carbonyl (C=O) groups excluding carboxylic acids is 1. The van der Waals surface area contributed by atoms with E-state index in [0.717, 1.165) is 0 Å². The van der Waals surface area contributed by atoms with E-state index >= 15 is 0 Å². The first kappa shape index (κ1) is 16.6. The molecule has 0 fully saturated rings. The van der Waals surface area contributed by atoms with E-state index in [4.69, 9.17) is 9.88 Å². The van der Waals surface area contributed by atoms with Crippen molar-refractivity contribution in [2.45, 2.75) is 37.6 Å². The van der Waals surface area contributed by atoms with Gasteiger partial charge in [0.2, 0.25) is 10.0 Å².